The minimum Gasteiger partial charge on any atom is -0.360 e. The molecule has 3 rings (SSSR count). The zero-order valence-electron chi connectivity index (χ0n) is 14.8. The SMILES string of the molecule is Cc1ccc(N/C=C(/C#N)c2nc(-c3ccc([N+](=O)[O-])cc3)cs2)cc1C. The van der Waals surface area contributed by atoms with Crippen molar-refractivity contribution >= 4 is 28.3 Å². The van der Waals surface area contributed by atoms with Gasteiger partial charge in [-0.05, 0) is 49.2 Å². The molecule has 0 unspecified atom stereocenters. The van der Waals surface area contributed by atoms with Gasteiger partial charge in [-0.25, -0.2) is 4.98 Å². The number of non-ortho nitro benzene ring substituents is 1. The zero-order chi connectivity index (χ0) is 19.4. The summed E-state index contributed by atoms with van der Waals surface area (Å²) >= 11 is 1.35. The maximum Gasteiger partial charge on any atom is 0.269 e. The van der Waals surface area contributed by atoms with Crippen LogP contribution in [0.2, 0.25) is 0 Å². The minimum atomic E-state index is -0.439. The van der Waals surface area contributed by atoms with Crippen LogP contribution in [-0.4, -0.2) is 9.91 Å². The van der Waals surface area contributed by atoms with Crippen LogP contribution >= 0.6 is 11.3 Å². The number of thiazole rings is 1. The Morgan fingerprint density at radius 3 is 2.59 bits per heavy atom. The van der Waals surface area contributed by atoms with Gasteiger partial charge in [0.25, 0.3) is 5.69 Å². The Hall–Kier alpha value is -3.50. The van der Waals surface area contributed by atoms with Crippen LogP contribution in [0, 0.1) is 35.3 Å². The summed E-state index contributed by atoms with van der Waals surface area (Å²) in [5.74, 6) is 0. The summed E-state index contributed by atoms with van der Waals surface area (Å²) in [6.07, 6.45) is 1.64. The molecule has 0 amide bonds. The third-order valence-electron chi connectivity index (χ3n) is 4.12. The van der Waals surface area contributed by atoms with Crippen molar-refractivity contribution in [1.29, 1.82) is 5.26 Å². The molecule has 0 spiro atoms. The fourth-order valence-corrected chi connectivity index (χ4v) is 3.21. The number of rotatable bonds is 5. The third-order valence-corrected chi connectivity index (χ3v) is 4.99. The molecule has 0 atom stereocenters. The molecule has 134 valence electrons. The van der Waals surface area contributed by atoms with Gasteiger partial charge in [-0.1, -0.05) is 6.07 Å². The normalized spacial score (nSPS) is 11.1. The number of benzene rings is 2. The van der Waals surface area contributed by atoms with Crippen molar-refractivity contribution in [3.8, 4) is 17.3 Å². The van der Waals surface area contributed by atoms with E-state index in [0.29, 0.717) is 16.3 Å². The molecule has 0 aliphatic carbocycles. The number of nitro benzene ring substituents is 1. The average Bonchev–Trinajstić information content (AvgIpc) is 3.15. The summed E-state index contributed by atoms with van der Waals surface area (Å²) in [6, 6.07) is 14.3. The Kier molecular flexibility index (Phi) is 5.29. The van der Waals surface area contributed by atoms with Gasteiger partial charge in [0, 0.05) is 35.0 Å². The second-order valence-corrected chi connectivity index (χ2v) is 6.81. The van der Waals surface area contributed by atoms with Crippen molar-refractivity contribution in [2.24, 2.45) is 0 Å². The maximum absolute atomic E-state index is 10.8. The van der Waals surface area contributed by atoms with Gasteiger partial charge < -0.3 is 5.32 Å². The highest BCUT2D eigenvalue weighted by Gasteiger charge is 2.11. The molecule has 0 saturated carbocycles. The van der Waals surface area contributed by atoms with Crippen LogP contribution in [0.5, 0.6) is 0 Å². The van der Waals surface area contributed by atoms with Crippen molar-refractivity contribution in [1.82, 2.24) is 4.98 Å². The van der Waals surface area contributed by atoms with Crippen LogP contribution in [0.1, 0.15) is 16.1 Å². The number of nitrogens with one attached hydrogen (secondary N) is 1. The van der Waals surface area contributed by atoms with Gasteiger partial charge in [-0.15, -0.1) is 11.3 Å². The lowest BCUT2D eigenvalue weighted by molar-refractivity contribution is -0.384. The summed E-state index contributed by atoms with van der Waals surface area (Å²) < 4.78 is 0. The van der Waals surface area contributed by atoms with E-state index in [1.54, 1.807) is 18.3 Å². The number of nitriles is 1. The van der Waals surface area contributed by atoms with Crippen LogP contribution in [0.15, 0.2) is 54.0 Å². The maximum atomic E-state index is 10.8. The van der Waals surface area contributed by atoms with Crippen LogP contribution < -0.4 is 5.32 Å². The number of allylic oxidation sites excluding steroid dienone is 1. The first-order valence-electron chi connectivity index (χ1n) is 8.12. The molecular weight excluding hydrogens is 360 g/mol. The molecular formula is C20H16N4O2S. The number of hydrogen-bond donors (Lipinski definition) is 1. The fraction of sp³-hybridized carbons (Fsp3) is 0.100. The predicted octanol–water partition coefficient (Wildman–Crippen LogP) is 5.31. The van der Waals surface area contributed by atoms with Crippen molar-refractivity contribution in [2.75, 3.05) is 5.32 Å². The standard InChI is InChI=1S/C20H16N4O2S/c1-13-3-6-17(9-14(13)2)22-11-16(10-21)20-23-19(12-27-20)15-4-7-18(8-5-15)24(25)26/h3-9,11-12,22H,1-2H3/b16-11-. The van der Waals surface area contributed by atoms with E-state index < -0.39 is 4.92 Å². The predicted molar refractivity (Wildman–Crippen MR) is 107 cm³/mol. The summed E-state index contributed by atoms with van der Waals surface area (Å²) in [5.41, 5.74) is 5.17. The molecule has 0 radical (unpaired) electrons. The lowest BCUT2D eigenvalue weighted by Gasteiger charge is -2.05. The van der Waals surface area contributed by atoms with Gasteiger partial charge in [-0.3, -0.25) is 10.1 Å². The monoisotopic (exact) mass is 376 g/mol. The summed E-state index contributed by atoms with van der Waals surface area (Å²) in [4.78, 5) is 14.8. The van der Waals surface area contributed by atoms with Crippen LogP contribution in [0.25, 0.3) is 16.8 Å². The lowest BCUT2D eigenvalue weighted by Crippen LogP contribution is -1.92. The van der Waals surface area contributed by atoms with Crippen molar-refractivity contribution in [3.05, 3.63) is 80.3 Å². The topological polar surface area (TPSA) is 91.8 Å². The van der Waals surface area contributed by atoms with Gasteiger partial charge in [0.1, 0.15) is 16.6 Å². The molecule has 1 aromatic heterocycles. The van der Waals surface area contributed by atoms with E-state index in [-0.39, 0.29) is 5.69 Å². The Balaban J connectivity index is 1.81. The molecule has 0 fully saturated rings. The Morgan fingerprint density at radius 1 is 1.22 bits per heavy atom. The smallest absolute Gasteiger partial charge is 0.269 e. The molecule has 27 heavy (non-hydrogen) atoms. The highest BCUT2D eigenvalue weighted by atomic mass is 32.1. The molecule has 0 saturated heterocycles. The average molecular weight is 376 g/mol. The third kappa shape index (κ3) is 4.19. The first kappa shape index (κ1) is 18.3. The second-order valence-electron chi connectivity index (χ2n) is 5.96. The molecule has 0 aliphatic rings. The molecule has 2 aromatic carbocycles. The van der Waals surface area contributed by atoms with Gasteiger partial charge >= 0.3 is 0 Å². The molecule has 0 bridgehead atoms. The highest BCUT2D eigenvalue weighted by Crippen LogP contribution is 2.27. The van der Waals surface area contributed by atoms with E-state index in [2.05, 4.69) is 16.4 Å². The van der Waals surface area contributed by atoms with Gasteiger partial charge in [-0.2, -0.15) is 5.26 Å². The molecule has 0 aliphatic heterocycles. The van der Waals surface area contributed by atoms with E-state index >= 15 is 0 Å². The zero-order valence-corrected chi connectivity index (χ0v) is 15.6. The Labute approximate surface area is 160 Å². The lowest BCUT2D eigenvalue weighted by atomic mass is 10.1. The fourth-order valence-electron chi connectivity index (χ4n) is 2.41. The summed E-state index contributed by atoms with van der Waals surface area (Å²) in [6.45, 7) is 4.08. The van der Waals surface area contributed by atoms with Crippen LogP contribution in [0.3, 0.4) is 0 Å². The molecule has 3 aromatic rings. The minimum absolute atomic E-state index is 0.0319. The van der Waals surface area contributed by atoms with Gasteiger partial charge in [0.05, 0.1) is 10.6 Å². The van der Waals surface area contributed by atoms with Crippen LogP contribution in [0.4, 0.5) is 11.4 Å². The first-order valence-corrected chi connectivity index (χ1v) is 9.00. The first-order chi connectivity index (χ1) is 13.0. The largest absolute Gasteiger partial charge is 0.360 e. The quantitative estimate of drug-likeness (QED) is 0.370. The Morgan fingerprint density at radius 2 is 1.96 bits per heavy atom. The van der Waals surface area contributed by atoms with Gasteiger partial charge in [0.15, 0.2) is 0 Å². The number of nitro groups is 1. The van der Waals surface area contributed by atoms with E-state index in [9.17, 15) is 15.4 Å². The van der Waals surface area contributed by atoms with E-state index in [0.717, 1.165) is 11.3 Å². The van der Waals surface area contributed by atoms with Crippen LogP contribution in [-0.2, 0) is 0 Å². The Bertz CT molecular complexity index is 1060. The second kappa shape index (κ2) is 7.81. The van der Waals surface area contributed by atoms with Crippen molar-refractivity contribution < 1.29 is 4.92 Å². The summed E-state index contributed by atoms with van der Waals surface area (Å²) in [7, 11) is 0. The van der Waals surface area contributed by atoms with E-state index in [1.807, 2.05) is 37.4 Å². The number of aryl methyl sites for hydroxylation is 2. The number of nitrogens with zero attached hydrogens (tertiary/aromatic N) is 3. The van der Waals surface area contributed by atoms with E-state index in [1.165, 1.54) is 34.6 Å². The van der Waals surface area contributed by atoms with Crippen molar-refractivity contribution in [3.63, 3.8) is 0 Å². The highest BCUT2D eigenvalue weighted by molar-refractivity contribution is 7.11. The van der Waals surface area contributed by atoms with Gasteiger partial charge in [0.2, 0.25) is 0 Å². The number of hydrogen-bond acceptors (Lipinski definition) is 6. The number of aromatic nitrogens is 1. The summed E-state index contributed by atoms with van der Waals surface area (Å²) in [5, 5.41) is 25.8. The molecule has 7 heteroatoms. The molecule has 6 nitrogen and oxygen atoms in total. The van der Waals surface area contributed by atoms with E-state index in [4.69, 9.17) is 0 Å². The molecule has 1 N–H and O–H groups in total. The van der Waals surface area contributed by atoms with Crippen molar-refractivity contribution in [2.45, 2.75) is 13.8 Å². The molecule has 1 heterocycles. The number of anilines is 1.